The van der Waals surface area contributed by atoms with E-state index in [0.29, 0.717) is 6.04 Å². The Kier molecular flexibility index (Phi) is 4.15. The molecule has 2 unspecified atom stereocenters. The number of aliphatic hydroxyl groups is 1. The molecule has 1 aromatic rings. The standard InChI is InChI=1S/C14H22N2O/c1-11(16-8-6-15-7-9-16)13-4-3-5-14(10-13)12(2)17/h3-5,10-12,15,17H,6-9H2,1-2H3. The van der Waals surface area contributed by atoms with Crippen molar-refractivity contribution < 1.29 is 5.11 Å². The summed E-state index contributed by atoms with van der Waals surface area (Å²) in [6.45, 7) is 8.39. The van der Waals surface area contributed by atoms with Crippen LogP contribution in [0.1, 0.15) is 37.1 Å². The first-order chi connectivity index (χ1) is 8.18. The number of nitrogens with one attached hydrogen (secondary N) is 1. The number of piperazine rings is 1. The summed E-state index contributed by atoms with van der Waals surface area (Å²) in [6.07, 6.45) is -0.384. The van der Waals surface area contributed by atoms with E-state index in [9.17, 15) is 5.11 Å². The lowest BCUT2D eigenvalue weighted by atomic mass is 10.0. The molecule has 2 rings (SSSR count). The Morgan fingerprint density at radius 1 is 1.18 bits per heavy atom. The second kappa shape index (κ2) is 5.63. The summed E-state index contributed by atoms with van der Waals surface area (Å²) < 4.78 is 0. The van der Waals surface area contributed by atoms with Gasteiger partial charge < -0.3 is 10.4 Å². The SMILES string of the molecule is CC(O)c1cccc(C(C)N2CCNCC2)c1. The molecule has 0 amide bonds. The van der Waals surface area contributed by atoms with Gasteiger partial charge in [0.05, 0.1) is 6.10 Å². The third-order valence-corrected chi connectivity index (χ3v) is 3.57. The number of aliphatic hydroxyl groups excluding tert-OH is 1. The minimum absolute atomic E-state index is 0.384. The Bertz CT molecular complexity index is 359. The van der Waals surface area contributed by atoms with E-state index in [4.69, 9.17) is 0 Å². The fourth-order valence-electron chi connectivity index (χ4n) is 2.36. The van der Waals surface area contributed by atoms with Crippen molar-refractivity contribution in [3.8, 4) is 0 Å². The highest BCUT2D eigenvalue weighted by atomic mass is 16.3. The van der Waals surface area contributed by atoms with Crippen molar-refractivity contribution in [3.63, 3.8) is 0 Å². The van der Waals surface area contributed by atoms with Gasteiger partial charge in [-0.1, -0.05) is 24.3 Å². The maximum absolute atomic E-state index is 9.62. The molecule has 0 bridgehead atoms. The molecule has 1 aliphatic heterocycles. The molecule has 1 heterocycles. The molecule has 94 valence electrons. The van der Waals surface area contributed by atoms with E-state index < -0.39 is 0 Å². The maximum Gasteiger partial charge on any atom is 0.0762 e. The number of hydrogen-bond donors (Lipinski definition) is 2. The molecule has 1 aliphatic rings. The number of nitrogens with zero attached hydrogens (tertiary/aromatic N) is 1. The highest BCUT2D eigenvalue weighted by molar-refractivity contribution is 5.27. The third-order valence-electron chi connectivity index (χ3n) is 3.57. The first-order valence-corrected chi connectivity index (χ1v) is 6.41. The van der Waals surface area contributed by atoms with Gasteiger partial charge in [0, 0.05) is 32.2 Å². The van der Waals surface area contributed by atoms with Crippen LogP contribution in [0.4, 0.5) is 0 Å². The largest absolute Gasteiger partial charge is 0.389 e. The van der Waals surface area contributed by atoms with Gasteiger partial charge in [-0.15, -0.1) is 0 Å². The van der Waals surface area contributed by atoms with Gasteiger partial charge in [0.15, 0.2) is 0 Å². The molecule has 2 N–H and O–H groups in total. The molecule has 1 saturated heterocycles. The highest BCUT2D eigenvalue weighted by Gasteiger charge is 2.18. The van der Waals surface area contributed by atoms with E-state index in [0.717, 1.165) is 31.7 Å². The molecule has 0 saturated carbocycles. The summed E-state index contributed by atoms with van der Waals surface area (Å²) in [5.41, 5.74) is 2.30. The van der Waals surface area contributed by atoms with Crippen LogP contribution in [-0.4, -0.2) is 36.2 Å². The van der Waals surface area contributed by atoms with E-state index in [1.54, 1.807) is 0 Å². The lowest BCUT2D eigenvalue weighted by molar-refractivity contribution is 0.183. The van der Waals surface area contributed by atoms with Gasteiger partial charge in [-0.05, 0) is 25.0 Å². The molecule has 0 aliphatic carbocycles. The molecule has 17 heavy (non-hydrogen) atoms. The minimum atomic E-state index is -0.384. The first-order valence-electron chi connectivity index (χ1n) is 6.41. The fourth-order valence-corrected chi connectivity index (χ4v) is 2.36. The molecule has 1 fully saturated rings. The van der Waals surface area contributed by atoms with Crippen LogP contribution in [-0.2, 0) is 0 Å². The van der Waals surface area contributed by atoms with Gasteiger partial charge in [-0.2, -0.15) is 0 Å². The van der Waals surface area contributed by atoms with Crippen molar-refractivity contribution in [2.45, 2.75) is 26.0 Å². The van der Waals surface area contributed by atoms with E-state index in [1.807, 2.05) is 19.1 Å². The van der Waals surface area contributed by atoms with Crippen molar-refractivity contribution in [2.75, 3.05) is 26.2 Å². The van der Waals surface area contributed by atoms with Crippen LogP contribution in [0.25, 0.3) is 0 Å². The molecular weight excluding hydrogens is 212 g/mol. The Morgan fingerprint density at radius 2 is 1.82 bits per heavy atom. The second-order valence-corrected chi connectivity index (χ2v) is 4.81. The summed E-state index contributed by atoms with van der Waals surface area (Å²) in [5, 5.41) is 13.0. The molecule has 0 radical (unpaired) electrons. The van der Waals surface area contributed by atoms with Gasteiger partial charge in [-0.25, -0.2) is 0 Å². The molecule has 2 atom stereocenters. The smallest absolute Gasteiger partial charge is 0.0762 e. The molecule has 0 spiro atoms. The van der Waals surface area contributed by atoms with Crippen molar-refractivity contribution in [1.82, 2.24) is 10.2 Å². The van der Waals surface area contributed by atoms with Crippen LogP contribution in [0.3, 0.4) is 0 Å². The van der Waals surface area contributed by atoms with Crippen molar-refractivity contribution >= 4 is 0 Å². The van der Waals surface area contributed by atoms with Crippen LogP contribution in [0.2, 0.25) is 0 Å². The maximum atomic E-state index is 9.62. The van der Waals surface area contributed by atoms with Crippen LogP contribution < -0.4 is 5.32 Å². The molecule has 1 aromatic carbocycles. The van der Waals surface area contributed by atoms with Crippen LogP contribution in [0, 0.1) is 0 Å². The Balaban J connectivity index is 2.12. The van der Waals surface area contributed by atoms with Crippen molar-refractivity contribution in [3.05, 3.63) is 35.4 Å². The van der Waals surface area contributed by atoms with E-state index in [1.165, 1.54) is 5.56 Å². The minimum Gasteiger partial charge on any atom is -0.389 e. The zero-order valence-corrected chi connectivity index (χ0v) is 10.7. The molecule has 3 nitrogen and oxygen atoms in total. The summed E-state index contributed by atoms with van der Waals surface area (Å²) >= 11 is 0. The predicted molar refractivity (Wildman–Crippen MR) is 69.9 cm³/mol. The van der Waals surface area contributed by atoms with Gasteiger partial charge in [-0.3, -0.25) is 4.90 Å². The summed E-state index contributed by atoms with van der Waals surface area (Å²) in [4.78, 5) is 2.48. The molecular formula is C14H22N2O. The zero-order valence-electron chi connectivity index (χ0n) is 10.7. The molecule has 3 heteroatoms. The predicted octanol–water partition coefficient (Wildman–Crippen LogP) is 1.71. The Morgan fingerprint density at radius 3 is 2.47 bits per heavy atom. The topological polar surface area (TPSA) is 35.5 Å². The lowest BCUT2D eigenvalue weighted by Crippen LogP contribution is -2.44. The van der Waals surface area contributed by atoms with E-state index >= 15 is 0 Å². The Hall–Kier alpha value is -0.900. The third kappa shape index (κ3) is 3.06. The average molecular weight is 234 g/mol. The quantitative estimate of drug-likeness (QED) is 0.835. The van der Waals surface area contributed by atoms with Gasteiger partial charge in [0.1, 0.15) is 0 Å². The normalized spacial score (nSPS) is 21.1. The number of benzene rings is 1. The highest BCUT2D eigenvalue weighted by Crippen LogP contribution is 2.23. The average Bonchev–Trinajstić information content (AvgIpc) is 2.39. The van der Waals surface area contributed by atoms with Crippen LogP contribution in [0.5, 0.6) is 0 Å². The van der Waals surface area contributed by atoms with Crippen molar-refractivity contribution in [2.24, 2.45) is 0 Å². The summed E-state index contributed by atoms with van der Waals surface area (Å²) in [5.74, 6) is 0. The molecule has 0 aromatic heterocycles. The monoisotopic (exact) mass is 234 g/mol. The number of hydrogen-bond acceptors (Lipinski definition) is 3. The summed E-state index contributed by atoms with van der Waals surface area (Å²) in [7, 11) is 0. The zero-order chi connectivity index (χ0) is 12.3. The second-order valence-electron chi connectivity index (χ2n) is 4.81. The van der Waals surface area contributed by atoms with E-state index in [-0.39, 0.29) is 6.10 Å². The van der Waals surface area contributed by atoms with Crippen molar-refractivity contribution in [1.29, 1.82) is 0 Å². The summed E-state index contributed by atoms with van der Waals surface area (Å²) in [6, 6.07) is 8.72. The lowest BCUT2D eigenvalue weighted by Gasteiger charge is -2.33. The van der Waals surface area contributed by atoms with Crippen LogP contribution in [0.15, 0.2) is 24.3 Å². The Labute approximate surface area is 103 Å². The van der Waals surface area contributed by atoms with Gasteiger partial charge in [0.2, 0.25) is 0 Å². The fraction of sp³-hybridized carbons (Fsp3) is 0.571. The van der Waals surface area contributed by atoms with E-state index in [2.05, 4.69) is 29.3 Å². The van der Waals surface area contributed by atoms with Crippen LogP contribution >= 0.6 is 0 Å². The number of rotatable bonds is 3. The van der Waals surface area contributed by atoms with Gasteiger partial charge >= 0.3 is 0 Å². The van der Waals surface area contributed by atoms with Gasteiger partial charge in [0.25, 0.3) is 0 Å². The first kappa shape index (κ1) is 12.6.